The highest BCUT2D eigenvalue weighted by Gasteiger charge is 2.43. The van der Waals surface area contributed by atoms with E-state index in [2.05, 4.69) is 31.3 Å². The van der Waals surface area contributed by atoms with Crippen molar-refractivity contribution in [1.29, 1.82) is 0 Å². The first-order valence-corrected chi connectivity index (χ1v) is 12.9. The second-order valence-corrected chi connectivity index (χ2v) is 10.3. The number of rotatable bonds is 8. The Labute approximate surface area is 216 Å². The molecule has 2 aliphatic rings. The lowest BCUT2D eigenvalue weighted by atomic mass is 9.74. The van der Waals surface area contributed by atoms with Gasteiger partial charge in [-0.05, 0) is 30.5 Å². The monoisotopic (exact) mass is 529 g/mol. The highest BCUT2D eigenvalue weighted by Crippen LogP contribution is 2.40. The molecular weight excluding hydrogens is 490 g/mol. The van der Waals surface area contributed by atoms with Crippen LogP contribution < -0.4 is 21.7 Å². The van der Waals surface area contributed by atoms with Gasteiger partial charge in [-0.15, -0.1) is 0 Å². The molecule has 1 saturated heterocycles. The lowest BCUT2D eigenvalue weighted by Gasteiger charge is -2.41. The van der Waals surface area contributed by atoms with Crippen LogP contribution in [0.1, 0.15) is 63.4 Å². The number of para-hydroxylation sites is 1. The average molecular weight is 531 g/mol. The minimum atomic E-state index is -0.456. The van der Waals surface area contributed by atoms with Gasteiger partial charge in [-0.25, -0.2) is 0 Å². The first-order valence-electron chi connectivity index (χ1n) is 12.9. The van der Waals surface area contributed by atoms with Gasteiger partial charge in [0.1, 0.15) is 11.9 Å². The van der Waals surface area contributed by atoms with Crippen LogP contribution in [0.2, 0.25) is 0 Å². The summed E-state index contributed by atoms with van der Waals surface area (Å²) < 4.78 is 13.2. The summed E-state index contributed by atoms with van der Waals surface area (Å²) in [7, 11) is 2.33. The molecule has 0 amide bonds. The fourth-order valence-electron chi connectivity index (χ4n) is 5.63. The molecule has 4 nitrogen and oxygen atoms in total. The molecule has 2 aromatic carbocycles. The number of piperidine rings is 1. The van der Waals surface area contributed by atoms with Crippen molar-refractivity contribution in [2.45, 2.75) is 69.3 Å². The van der Waals surface area contributed by atoms with E-state index in [0.29, 0.717) is 0 Å². The topological polar surface area (TPSA) is 35.5 Å². The van der Waals surface area contributed by atoms with Crippen LogP contribution in [0.4, 0.5) is 0 Å². The Balaban J connectivity index is 0.00000324. The smallest absolute Gasteiger partial charge is 0.316 e. The molecule has 0 spiro atoms. The zero-order chi connectivity index (χ0) is 23.0. The van der Waals surface area contributed by atoms with E-state index >= 15 is 0 Å². The van der Waals surface area contributed by atoms with Crippen LogP contribution in [0.3, 0.4) is 0 Å². The predicted octanol–water partition coefficient (Wildman–Crippen LogP) is 2.90. The maximum Gasteiger partial charge on any atom is 0.316 e. The van der Waals surface area contributed by atoms with E-state index in [1.54, 1.807) is 0 Å². The maximum atomic E-state index is 13.6. The van der Waals surface area contributed by atoms with Crippen molar-refractivity contribution >= 4 is 5.97 Å². The number of benzene rings is 2. The predicted molar refractivity (Wildman–Crippen MR) is 132 cm³/mol. The lowest BCUT2D eigenvalue weighted by Crippen LogP contribution is -3.00. The molecule has 1 aliphatic heterocycles. The molecule has 0 radical (unpaired) electrons. The van der Waals surface area contributed by atoms with Crippen molar-refractivity contribution < 1.29 is 35.7 Å². The summed E-state index contributed by atoms with van der Waals surface area (Å²) in [6.07, 6.45) is 9.46. The van der Waals surface area contributed by atoms with Crippen LogP contribution in [0.5, 0.6) is 5.75 Å². The van der Waals surface area contributed by atoms with Gasteiger partial charge in [0.2, 0.25) is 0 Å². The largest absolute Gasteiger partial charge is 1.00 e. The van der Waals surface area contributed by atoms with Crippen molar-refractivity contribution in [3.05, 3.63) is 66.2 Å². The number of hydrogen-bond acceptors (Lipinski definition) is 3. The van der Waals surface area contributed by atoms with Crippen LogP contribution in [-0.2, 0) is 14.9 Å². The Morgan fingerprint density at radius 2 is 1.50 bits per heavy atom. The molecule has 1 saturated carbocycles. The minimum absolute atomic E-state index is 0. The van der Waals surface area contributed by atoms with E-state index in [4.69, 9.17) is 9.47 Å². The quantitative estimate of drug-likeness (QED) is 0.228. The molecule has 1 heterocycles. The second kappa shape index (κ2) is 12.7. The number of esters is 1. The Bertz CT molecular complexity index is 857. The second-order valence-electron chi connectivity index (χ2n) is 10.3. The molecule has 186 valence electrons. The summed E-state index contributed by atoms with van der Waals surface area (Å²) in [6, 6.07) is 20.4. The van der Waals surface area contributed by atoms with E-state index < -0.39 is 5.41 Å². The van der Waals surface area contributed by atoms with Crippen LogP contribution in [0, 0.1) is 0 Å². The number of quaternary nitrogens is 1. The molecule has 5 heteroatoms. The average Bonchev–Trinajstić information content (AvgIpc) is 3.12. The molecule has 0 N–H and O–H groups in total. The van der Waals surface area contributed by atoms with E-state index in [1.165, 1.54) is 12.8 Å². The van der Waals surface area contributed by atoms with Gasteiger partial charge >= 0.3 is 5.97 Å². The summed E-state index contributed by atoms with van der Waals surface area (Å²) in [5.41, 5.74) is 0.689. The molecule has 2 aromatic rings. The van der Waals surface area contributed by atoms with Crippen molar-refractivity contribution in [3.63, 3.8) is 0 Å². The van der Waals surface area contributed by atoms with Crippen LogP contribution in [0.15, 0.2) is 60.7 Å². The van der Waals surface area contributed by atoms with Crippen LogP contribution in [-0.4, -0.2) is 49.8 Å². The van der Waals surface area contributed by atoms with Gasteiger partial charge in [0.25, 0.3) is 0 Å². The SMILES string of the molecule is C[N+]1(CCCOc2ccccc2)CCC(OC(=O)C2(c3ccccc3)CCCCCC2)CC1.[Br-]. The standard InChI is InChI=1S/C29H40NO3.BrH/c1-30(21-12-24-32-26-15-8-5-9-16-26)22-17-27(18-23-30)33-28(31)29(19-10-2-3-11-20-29)25-13-6-4-7-14-25;/h4-9,13-16,27H,2-3,10-12,17-24H2,1H3;1H/q+1;/p-1. The third kappa shape index (κ3) is 6.85. The lowest BCUT2D eigenvalue weighted by molar-refractivity contribution is -0.915. The molecular formula is C29H40BrNO3. The molecule has 34 heavy (non-hydrogen) atoms. The van der Waals surface area contributed by atoms with E-state index in [9.17, 15) is 4.79 Å². The summed E-state index contributed by atoms with van der Waals surface area (Å²) >= 11 is 0. The summed E-state index contributed by atoms with van der Waals surface area (Å²) in [5.74, 6) is 0.963. The Morgan fingerprint density at radius 1 is 0.912 bits per heavy atom. The Kier molecular flexibility index (Phi) is 10.0. The summed E-state index contributed by atoms with van der Waals surface area (Å²) in [4.78, 5) is 13.6. The van der Waals surface area contributed by atoms with Crippen molar-refractivity contribution in [1.82, 2.24) is 0 Å². The van der Waals surface area contributed by atoms with Gasteiger partial charge in [0.05, 0.1) is 38.7 Å². The van der Waals surface area contributed by atoms with Crippen molar-refractivity contribution in [2.24, 2.45) is 0 Å². The molecule has 4 rings (SSSR count). The highest BCUT2D eigenvalue weighted by atomic mass is 79.9. The van der Waals surface area contributed by atoms with Gasteiger partial charge in [-0.2, -0.15) is 0 Å². The van der Waals surface area contributed by atoms with E-state index in [0.717, 1.165) is 87.0 Å². The number of likely N-dealkylation sites (tertiary alicyclic amines) is 1. The van der Waals surface area contributed by atoms with Crippen molar-refractivity contribution in [3.8, 4) is 5.75 Å². The number of nitrogens with zero attached hydrogens (tertiary/aromatic N) is 1. The number of carbonyl (C=O) groups excluding carboxylic acids is 1. The first-order chi connectivity index (χ1) is 16.1. The van der Waals surface area contributed by atoms with Gasteiger partial charge in [0, 0.05) is 19.3 Å². The van der Waals surface area contributed by atoms with E-state index in [1.807, 2.05) is 36.4 Å². The summed E-state index contributed by atoms with van der Waals surface area (Å²) in [5, 5.41) is 0. The number of hydrogen-bond donors (Lipinski definition) is 0. The molecule has 0 atom stereocenters. The Morgan fingerprint density at radius 3 is 2.12 bits per heavy atom. The molecule has 0 unspecified atom stereocenters. The molecule has 1 aliphatic carbocycles. The highest BCUT2D eigenvalue weighted by molar-refractivity contribution is 5.83. The third-order valence-electron chi connectivity index (χ3n) is 7.78. The fourth-order valence-corrected chi connectivity index (χ4v) is 5.63. The van der Waals surface area contributed by atoms with Gasteiger partial charge in [-0.3, -0.25) is 4.79 Å². The van der Waals surface area contributed by atoms with Crippen molar-refractivity contribution in [2.75, 3.05) is 33.3 Å². The van der Waals surface area contributed by atoms with Gasteiger partial charge < -0.3 is 30.9 Å². The Hall–Kier alpha value is -1.85. The number of ether oxygens (including phenoxy) is 2. The van der Waals surface area contributed by atoms with Crippen LogP contribution >= 0.6 is 0 Å². The molecule has 0 bridgehead atoms. The minimum Gasteiger partial charge on any atom is -1.00 e. The van der Waals surface area contributed by atoms with Crippen LogP contribution in [0.25, 0.3) is 0 Å². The maximum absolute atomic E-state index is 13.6. The zero-order valence-electron chi connectivity index (χ0n) is 20.6. The normalized spacial score (nSPS) is 24.3. The summed E-state index contributed by atoms with van der Waals surface area (Å²) in [6.45, 7) is 3.96. The first kappa shape index (κ1) is 26.7. The number of carbonyl (C=O) groups is 1. The molecule has 2 fully saturated rings. The number of halogens is 1. The third-order valence-corrected chi connectivity index (χ3v) is 7.78. The molecule has 0 aromatic heterocycles. The fraction of sp³-hybridized carbons (Fsp3) is 0.552. The van der Waals surface area contributed by atoms with Gasteiger partial charge in [0.15, 0.2) is 0 Å². The zero-order valence-corrected chi connectivity index (χ0v) is 22.2. The van der Waals surface area contributed by atoms with Gasteiger partial charge in [-0.1, -0.05) is 74.2 Å². The van der Waals surface area contributed by atoms with E-state index in [-0.39, 0.29) is 29.1 Å².